The number of carbonyl (C=O) groups excluding carboxylic acids is 1. The van der Waals surface area contributed by atoms with E-state index in [2.05, 4.69) is 41.8 Å². The van der Waals surface area contributed by atoms with Gasteiger partial charge >= 0.3 is 0 Å². The van der Waals surface area contributed by atoms with E-state index in [1.54, 1.807) is 0 Å². The number of hydrogen-bond acceptors (Lipinski definition) is 1. The van der Waals surface area contributed by atoms with Gasteiger partial charge in [-0.2, -0.15) is 0 Å². The highest BCUT2D eigenvalue weighted by Gasteiger charge is 2.10. The van der Waals surface area contributed by atoms with Gasteiger partial charge in [0.2, 0.25) is 0 Å². The van der Waals surface area contributed by atoms with Crippen LogP contribution in [0.1, 0.15) is 24.1 Å². The van der Waals surface area contributed by atoms with Crippen molar-refractivity contribution in [3.05, 3.63) is 71.8 Å². The summed E-state index contributed by atoms with van der Waals surface area (Å²) in [5, 5.41) is 5.03. The summed E-state index contributed by atoms with van der Waals surface area (Å²) >= 11 is 0. The summed E-state index contributed by atoms with van der Waals surface area (Å²) < 4.78 is 0. The Kier molecular flexibility index (Phi) is 5.98. The average Bonchev–Trinajstić information content (AvgIpc) is 2.54. The van der Waals surface area contributed by atoms with Crippen molar-refractivity contribution in [3.8, 4) is 0 Å². The highest BCUT2D eigenvalue weighted by atomic mass is 16.1. The fourth-order valence-corrected chi connectivity index (χ4v) is 2.24. The van der Waals surface area contributed by atoms with Gasteiger partial charge in [0.25, 0.3) is 5.91 Å². The summed E-state index contributed by atoms with van der Waals surface area (Å²) in [6.45, 7) is 3.27. The Balaban J connectivity index is 1.66. The first-order chi connectivity index (χ1) is 10.3. The van der Waals surface area contributed by atoms with Gasteiger partial charge in [0.15, 0.2) is 6.54 Å². The molecule has 0 aromatic heterocycles. The van der Waals surface area contributed by atoms with Crippen molar-refractivity contribution < 1.29 is 10.1 Å². The minimum Gasteiger partial charge on any atom is -0.351 e. The Morgan fingerprint density at radius 3 is 2.33 bits per heavy atom. The molecule has 0 saturated heterocycles. The lowest BCUT2D eigenvalue weighted by Crippen LogP contribution is -2.87. The molecule has 3 N–H and O–H groups in total. The minimum atomic E-state index is 0.0914. The smallest absolute Gasteiger partial charge is 0.275 e. The van der Waals surface area contributed by atoms with Crippen LogP contribution in [0.25, 0.3) is 0 Å². The Hall–Kier alpha value is -2.13. The summed E-state index contributed by atoms with van der Waals surface area (Å²) in [6.07, 6.45) is 0.876. The molecule has 0 unspecified atom stereocenters. The van der Waals surface area contributed by atoms with Crippen molar-refractivity contribution in [2.24, 2.45) is 0 Å². The maximum absolute atomic E-state index is 11.8. The van der Waals surface area contributed by atoms with Crippen molar-refractivity contribution in [1.82, 2.24) is 5.32 Å². The van der Waals surface area contributed by atoms with Crippen LogP contribution >= 0.6 is 0 Å². The molecule has 0 saturated carbocycles. The molecule has 2 aromatic rings. The summed E-state index contributed by atoms with van der Waals surface area (Å²) in [6, 6.07) is 20.7. The molecule has 2 rings (SSSR count). The van der Waals surface area contributed by atoms with E-state index in [-0.39, 0.29) is 5.91 Å². The number of nitrogens with one attached hydrogen (secondary N) is 1. The van der Waals surface area contributed by atoms with Crippen LogP contribution in [0.15, 0.2) is 60.7 Å². The van der Waals surface area contributed by atoms with Gasteiger partial charge in [-0.05, 0) is 18.9 Å². The second-order valence-corrected chi connectivity index (χ2v) is 5.22. The van der Waals surface area contributed by atoms with Gasteiger partial charge < -0.3 is 10.6 Å². The molecule has 0 radical (unpaired) electrons. The van der Waals surface area contributed by atoms with Crippen LogP contribution in [-0.4, -0.2) is 19.0 Å². The molecule has 3 nitrogen and oxygen atoms in total. The van der Waals surface area contributed by atoms with Gasteiger partial charge in [-0.15, -0.1) is 0 Å². The van der Waals surface area contributed by atoms with Gasteiger partial charge in [-0.1, -0.05) is 60.7 Å². The molecular weight excluding hydrogens is 260 g/mol. The highest BCUT2D eigenvalue weighted by Crippen LogP contribution is 2.05. The fraction of sp³-hybridized carbons (Fsp3) is 0.278. The standard InChI is InChI=1S/C18H22N2O/c1-15(17-10-6-3-7-11-17)20-14-18(21)19-13-12-16-8-4-2-5-9-16/h2-11,15,20H,12-14H2,1H3,(H,19,21)/p+1/t15-/m1/s1. The maximum atomic E-state index is 11.8. The summed E-state index contributed by atoms with van der Waals surface area (Å²) in [4.78, 5) is 11.8. The van der Waals surface area contributed by atoms with E-state index < -0.39 is 0 Å². The summed E-state index contributed by atoms with van der Waals surface area (Å²) in [7, 11) is 0. The zero-order valence-corrected chi connectivity index (χ0v) is 12.5. The van der Waals surface area contributed by atoms with Crippen LogP contribution in [0.4, 0.5) is 0 Å². The van der Waals surface area contributed by atoms with Crippen molar-refractivity contribution in [2.45, 2.75) is 19.4 Å². The van der Waals surface area contributed by atoms with E-state index in [1.165, 1.54) is 11.1 Å². The first-order valence-electron chi connectivity index (χ1n) is 7.44. The van der Waals surface area contributed by atoms with E-state index in [9.17, 15) is 4.79 Å². The number of quaternary nitrogens is 1. The molecule has 0 aliphatic carbocycles. The molecule has 0 bridgehead atoms. The third-order valence-corrected chi connectivity index (χ3v) is 3.56. The van der Waals surface area contributed by atoms with Gasteiger partial charge in [0.1, 0.15) is 6.04 Å². The van der Waals surface area contributed by atoms with E-state index in [4.69, 9.17) is 0 Å². The topological polar surface area (TPSA) is 45.7 Å². The van der Waals surface area contributed by atoms with Gasteiger partial charge in [0, 0.05) is 12.1 Å². The number of hydrogen-bond donors (Lipinski definition) is 2. The Bertz CT molecular complexity index is 540. The molecule has 3 heteroatoms. The largest absolute Gasteiger partial charge is 0.351 e. The lowest BCUT2D eigenvalue weighted by Gasteiger charge is -2.11. The zero-order chi connectivity index (χ0) is 14.9. The van der Waals surface area contributed by atoms with Crippen LogP contribution in [0.3, 0.4) is 0 Å². The van der Waals surface area contributed by atoms with Gasteiger partial charge in [-0.25, -0.2) is 0 Å². The molecule has 0 heterocycles. The summed E-state index contributed by atoms with van der Waals surface area (Å²) in [5.74, 6) is 0.0914. The molecule has 110 valence electrons. The van der Waals surface area contributed by atoms with Crippen LogP contribution in [-0.2, 0) is 11.2 Å². The number of amides is 1. The molecule has 0 aliphatic rings. The molecular formula is C18H23N2O+. The normalized spacial score (nSPS) is 11.9. The first kappa shape index (κ1) is 15.3. The lowest BCUT2D eigenvalue weighted by molar-refractivity contribution is -0.682. The molecule has 0 aliphatic heterocycles. The van der Waals surface area contributed by atoms with Crippen LogP contribution < -0.4 is 10.6 Å². The minimum absolute atomic E-state index is 0.0914. The molecule has 0 fully saturated rings. The van der Waals surface area contributed by atoms with E-state index >= 15 is 0 Å². The van der Waals surface area contributed by atoms with Crippen molar-refractivity contribution in [3.63, 3.8) is 0 Å². The van der Waals surface area contributed by atoms with Crippen LogP contribution in [0.5, 0.6) is 0 Å². The Morgan fingerprint density at radius 1 is 1.05 bits per heavy atom. The van der Waals surface area contributed by atoms with Gasteiger partial charge in [0.05, 0.1) is 0 Å². The highest BCUT2D eigenvalue weighted by molar-refractivity contribution is 5.76. The van der Waals surface area contributed by atoms with E-state index in [1.807, 2.05) is 36.4 Å². The number of benzene rings is 2. The van der Waals surface area contributed by atoms with Crippen molar-refractivity contribution in [2.75, 3.05) is 13.1 Å². The van der Waals surface area contributed by atoms with Crippen LogP contribution in [0, 0.1) is 0 Å². The second-order valence-electron chi connectivity index (χ2n) is 5.22. The maximum Gasteiger partial charge on any atom is 0.275 e. The SMILES string of the molecule is C[C@@H]([NH2+]CC(=O)NCCc1ccccc1)c1ccccc1. The fourth-order valence-electron chi connectivity index (χ4n) is 2.24. The third kappa shape index (κ3) is 5.40. The number of carbonyl (C=O) groups is 1. The average molecular weight is 283 g/mol. The van der Waals surface area contributed by atoms with Crippen molar-refractivity contribution >= 4 is 5.91 Å². The molecule has 0 spiro atoms. The number of nitrogens with two attached hydrogens (primary N) is 1. The molecule has 2 aromatic carbocycles. The van der Waals surface area contributed by atoms with Crippen molar-refractivity contribution in [1.29, 1.82) is 0 Å². The van der Waals surface area contributed by atoms with Crippen LogP contribution in [0.2, 0.25) is 0 Å². The number of rotatable bonds is 7. The lowest BCUT2D eigenvalue weighted by atomic mass is 10.1. The molecule has 1 atom stereocenters. The monoisotopic (exact) mass is 283 g/mol. The molecule has 1 amide bonds. The Morgan fingerprint density at radius 2 is 1.67 bits per heavy atom. The predicted molar refractivity (Wildman–Crippen MR) is 84.8 cm³/mol. The first-order valence-corrected chi connectivity index (χ1v) is 7.44. The van der Waals surface area contributed by atoms with E-state index in [0.717, 1.165) is 6.42 Å². The Labute approximate surface area is 126 Å². The third-order valence-electron chi connectivity index (χ3n) is 3.56. The zero-order valence-electron chi connectivity index (χ0n) is 12.5. The van der Waals surface area contributed by atoms with Gasteiger partial charge in [-0.3, -0.25) is 4.79 Å². The predicted octanol–water partition coefficient (Wildman–Crippen LogP) is 1.67. The quantitative estimate of drug-likeness (QED) is 0.798. The summed E-state index contributed by atoms with van der Waals surface area (Å²) in [5.41, 5.74) is 2.49. The molecule has 21 heavy (non-hydrogen) atoms. The van der Waals surface area contributed by atoms with E-state index in [0.29, 0.717) is 19.1 Å². The second kappa shape index (κ2) is 8.22.